The first kappa shape index (κ1) is 15.1. The van der Waals surface area contributed by atoms with E-state index in [0.29, 0.717) is 11.1 Å². The highest BCUT2D eigenvalue weighted by Gasteiger charge is 2.11. The van der Waals surface area contributed by atoms with Crippen LogP contribution in [0.2, 0.25) is 0 Å². The van der Waals surface area contributed by atoms with E-state index in [0.717, 1.165) is 9.37 Å². The van der Waals surface area contributed by atoms with Crippen LogP contribution in [0.1, 0.15) is 15.9 Å². The zero-order valence-electron chi connectivity index (χ0n) is 10.8. The molecule has 2 aromatic rings. The van der Waals surface area contributed by atoms with E-state index in [1.165, 1.54) is 17.8 Å². The number of rotatable bonds is 4. The first-order chi connectivity index (χ1) is 9.61. The molecule has 0 aliphatic rings. The topological polar surface area (TPSA) is 29.1 Å². The second-order valence-electron chi connectivity index (χ2n) is 4.12. The van der Waals surface area contributed by atoms with E-state index < -0.39 is 0 Å². The van der Waals surface area contributed by atoms with Crippen molar-refractivity contribution in [1.82, 2.24) is 5.32 Å². The Morgan fingerprint density at radius 3 is 2.80 bits per heavy atom. The molecular formula is C15H13BrFNOS. The van der Waals surface area contributed by atoms with Crippen LogP contribution in [0.15, 0.2) is 51.8 Å². The highest BCUT2D eigenvalue weighted by molar-refractivity contribution is 9.10. The summed E-state index contributed by atoms with van der Waals surface area (Å²) >= 11 is 4.80. The molecule has 0 bridgehead atoms. The fraction of sp³-hybridized carbons (Fsp3) is 0.133. The molecule has 0 spiro atoms. The van der Waals surface area contributed by atoms with Crippen LogP contribution in [0.4, 0.5) is 4.39 Å². The summed E-state index contributed by atoms with van der Waals surface area (Å²) in [5.74, 6) is -0.527. The van der Waals surface area contributed by atoms with Gasteiger partial charge in [0.25, 0.3) is 5.91 Å². The van der Waals surface area contributed by atoms with Gasteiger partial charge >= 0.3 is 0 Å². The van der Waals surface area contributed by atoms with E-state index in [-0.39, 0.29) is 18.3 Å². The van der Waals surface area contributed by atoms with Crippen molar-refractivity contribution in [2.24, 2.45) is 0 Å². The quantitative estimate of drug-likeness (QED) is 0.832. The molecule has 1 N–H and O–H groups in total. The largest absolute Gasteiger partial charge is 0.348 e. The third kappa shape index (κ3) is 3.61. The van der Waals surface area contributed by atoms with Gasteiger partial charge in [0, 0.05) is 21.5 Å². The van der Waals surface area contributed by atoms with Crippen LogP contribution in [0, 0.1) is 5.82 Å². The number of benzene rings is 2. The van der Waals surface area contributed by atoms with E-state index in [2.05, 4.69) is 21.2 Å². The second-order valence-corrected chi connectivity index (χ2v) is 5.88. The molecule has 0 unspecified atom stereocenters. The van der Waals surface area contributed by atoms with E-state index in [1.54, 1.807) is 18.2 Å². The summed E-state index contributed by atoms with van der Waals surface area (Å²) in [6, 6.07) is 12.0. The molecule has 0 fully saturated rings. The summed E-state index contributed by atoms with van der Waals surface area (Å²) in [5.41, 5.74) is 1.06. The van der Waals surface area contributed by atoms with E-state index >= 15 is 0 Å². The van der Waals surface area contributed by atoms with Gasteiger partial charge in [0.05, 0.1) is 5.56 Å². The normalized spacial score (nSPS) is 10.3. The fourth-order valence-electron chi connectivity index (χ4n) is 1.78. The van der Waals surface area contributed by atoms with Crippen molar-refractivity contribution in [3.05, 3.63) is 63.9 Å². The van der Waals surface area contributed by atoms with Crippen molar-refractivity contribution in [1.29, 1.82) is 0 Å². The Bertz CT molecular complexity index is 633. The lowest BCUT2D eigenvalue weighted by Crippen LogP contribution is -2.23. The Morgan fingerprint density at radius 2 is 2.05 bits per heavy atom. The average Bonchev–Trinajstić information content (AvgIpc) is 2.47. The van der Waals surface area contributed by atoms with Crippen molar-refractivity contribution in [2.75, 3.05) is 6.26 Å². The zero-order valence-corrected chi connectivity index (χ0v) is 13.2. The van der Waals surface area contributed by atoms with Gasteiger partial charge in [0.15, 0.2) is 0 Å². The number of carbonyl (C=O) groups is 1. The van der Waals surface area contributed by atoms with Gasteiger partial charge in [-0.25, -0.2) is 4.39 Å². The van der Waals surface area contributed by atoms with Crippen LogP contribution in [0.5, 0.6) is 0 Å². The van der Waals surface area contributed by atoms with Crippen LogP contribution >= 0.6 is 27.7 Å². The molecule has 0 aliphatic carbocycles. The monoisotopic (exact) mass is 353 g/mol. The molecule has 0 radical (unpaired) electrons. The van der Waals surface area contributed by atoms with Crippen LogP contribution in [0.25, 0.3) is 0 Å². The van der Waals surface area contributed by atoms with Crippen LogP contribution in [-0.4, -0.2) is 12.2 Å². The molecule has 0 aromatic heterocycles. The summed E-state index contributed by atoms with van der Waals surface area (Å²) < 4.78 is 14.4. The predicted octanol–water partition coefficient (Wildman–Crippen LogP) is 4.24. The number of halogens is 2. The molecule has 1 amide bonds. The summed E-state index contributed by atoms with van der Waals surface area (Å²) in [6.45, 7) is 0.160. The number of thioether (sulfide) groups is 1. The second kappa shape index (κ2) is 6.90. The minimum absolute atomic E-state index is 0.160. The molecule has 2 aromatic carbocycles. The predicted molar refractivity (Wildman–Crippen MR) is 83.5 cm³/mol. The van der Waals surface area contributed by atoms with Crippen LogP contribution < -0.4 is 5.32 Å². The van der Waals surface area contributed by atoms with Crippen molar-refractivity contribution < 1.29 is 9.18 Å². The standard InChI is InChI=1S/C15H13BrFNOS/c1-20-14-5-3-2-4-12(14)15(19)18-9-10-8-11(16)6-7-13(10)17/h2-8H,9H2,1H3,(H,18,19). The fourth-order valence-corrected chi connectivity index (χ4v) is 2.79. The Balaban J connectivity index is 2.11. The molecule has 2 nitrogen and oxygen atoms in total. The molecule has 20 heavy (non-hydrogen) atoms. The SMILES string of the molecule is CSc1ccccc1C(=O)NCc1cc(Br)ccc1F. The number of nitrogens with one attached hydrogen (secondary N) is 1. The molecule has 2 rings (SSSR count). The third-order valence-electron chi connectivity index (χ3n) is 2.80. The molecule has 104 valence electrons. The lowest BCUT2D eigenvalue weighted by molar-refractivity contribution is 0.0947. The highest BCUT2D eigenvalue weighted by Crippen LogP contribution is 2.20. The Morgan fingerprint density at radius 1 is 1.30 bits per heavy atom. The minimum atomic E-state index is -0.327. The lowest BCUT2D eigenvalue weighted by atomic mass is 10.2. The average molecular weight is 354 g/mol. The number of hydrogen-bond donors (Lipinski definition) is 1. The van der Waals surface area contributed by atoms with E-state index in [4.69, 9.17) is 0 Å². The Kier molecular flexibility index (Phi) is 5.20. The van der Waals surface area contributed by atoms with Gasteiger partial charge in [-0.1, -0.05) is 28.1 Å². The molecule has 0 saturated heterocycles. The molecule has 5 heteroatoms. The van der Waals surface area contributed by atoms with E-state index in [9.17, 15) is 9.18 Å². The van der Waals surface area contributed by atoms with Gasteiger partial charge in [0.2, 0.25) is 0 Å². The van der Waals surface area contributed by atoms with E-state index in [1.807, 2.05) is 24.5 Å². The molecule has 0 atom stereocenters. The van der Waals surface area contributed by atoms with Gasteiger partial charge < -0.3 is 5.32 Å². The zero-order chi connectivity index (χ0) is 14.5. The summed E-state index contributed by atoms with van der Waals surface area (Å²) in [4.78, 5) is 13.0. The minimum Gasteiger partial charge on any atom is -0.348 e. The van der Waals surface area contributed by atoms with Gasteiger partial charge in [-0.2, -0.15) is 0 Å². The Hall–Kier alpha value is -1.33. The van der Waals surface area contributed by atoms with Crippen molar-refractivity contribution in [2.45, 2.75) is 11.4 Å². The molecular weight excluding hydrogens is 341 g/mol. The molecule has 0 aliphatic heterocycles. The Labute approximate surface area is 129 Å². The van der Waals surface area contributed by atoms with Crippen LogP contribution in [0.3, 0.4) is 0 Å². The smallest absolute Gasteiger partial charge is 0.252 e. The highest BCUT2D eigenvalue weighted by atomic mass is 79.9. The van der Waals surface area contributed by atoms with Gasteiger partial charge in [-0.3, -0.25) is 4.79 Å². The number of hydrogen-bond acceptors (Lipinski definition) is 2. The molecule has 0 heterocycles. The van der Waals surface area contributed by atoms with Gasteiger partial charge in [0.1, 0.15) is 5.82 Å². The summed E-state index contributed by atoms with van der Waals surface area (Å²) in [7, 11) is 0. The van der Waals surface area contributed by atoms with Crippen molar-refractivity contribution in [3.8, 4) is 0 Å². The summed E-state index contributed by atoms with van der Waals surface area (Å²) in [5, 5.41) is 2.74. The first-order valence-corrected chi connectivity index (χ1v) is 7.98. The number of amides is 1. The van der Waals surface area contributed by atoms with Gasteiger partial charge in [-0.05, 0) is 36.6 Å². The maximum Gasteiger partial charge on any atom is 0.252 e. The maximum atomic E-state index is 13.6. The maximum absolute atomic E-state index is 13.6. The first-order valence-electron chi connectivity index (χ1n) is 5.97. The molecule has 0 saturated carbocycles. The van der Waals surface area contributed by atoms with Crippen LogP contribution in [-0.2, 0) is 6.54 Å². The third-order valence-corrected chi connectivity index (χ3v) is 4.09. The van der Waals surface area contributed by atoms with Gasteiger partial charge in [-0.15, -0.1) is 11.8 Å². The number of carbonyl (C=O) groups excluding carboxylic acids is 1. The lowest BCUT2D eigenvalue weighted by Gasteiger charge is -2.09. The van der Waals surface area contributed by atoms with Crippen molar-refractivity contribution in [3.63, 3.8) is 0 Å². The summed E-state index contributed by atoms with van der Waals surface area (Å²) in [6.07, 6.45) is 1.92. The van der Waals surface area contributed by atoms with Crippen molar-refractivity contribution >= 4 is 33.6 Å².